The van der Waals surface area contributed by atoms with Crippen molar-refractivity contribution < 1.29 is 9.47 Å². The molecule has 3 rings (SSSR count). The van der Waals surface area contributed by atoms with Crippen molar-refractivity contribution in [1.82, 2.24) is 10.4 Å². The van der Waals surface area contributed by atoms with Crippen LogP contribution < -0.4 is 5.43 Å². The molecule has 0 bridgehead atoms. The Morgan fingerprint density at radius 3 is 2.95 bits per heavy atom. The van der Waals surface area contributed by atoms with Crippen LogP contribution in [0.15, 0.2) is 23.2 Å². The highest BCUT2D eigenvalue weighted by molar-refractivity contribution is 6.35. The Balaban J connectivity index is 1.93. The van der Waals surface area contributed by atoms with Crippen molar-refractivity contribution in [2.24, 2.45) is 4.99 Å². The Hall–Kier alpha value is -0.850. The van der Waals surface area contributed by atoms with Crippen molar-refractivity contribution in [1.29, 1.82) is 0 Å². The van der Waals surface area contributed by atoms with Gasteiger partial charge in [0.25, 0.3) is 0 Å². The molecule has 7 heteroatoms. The molecule has 1 N–H and O–H groups in total. The summed E-state index contributed by atoms with van der Waals surface area (Å²) in [7, 11) is 0. The summed E-state index contributed by atoms with van der Waals surface area (Å²) >= 11 is 12.3. The smallest absolute Gasteiger partial charge is 0.216 e. The van der Waals surface area contributed by atoms with Crippen LogP contribution in [0, 0.1) is 0 Å². The molecular weight excluding hydrogens is 313 g/mol. The van der Waals surface area contributed by atoms with Gasteiger partial charge < -0.3 is 9.47 Å². The van der Waals surface area contributed by atoms with E-state index >= 15 is 0 Å². The molecule has 1 aromatic carbocycles. The first-order chi connectivity index (χ1) is 10.1. The minimum absolute atomic E-state index is 0.0521. The quantitative estimate of drug-likeness (QED) is 0.922. The van der Waals surface area contributed by atoms with Crippen LogP contribution in [0.3, 0.4) is 0 Å². The lowest BCUT2D eigenvalue weighted by molar-refractivity contribution is -0.185. The van der Waals surface area contributed by atoms with Gasteiger partial charge in [0.1, 0.15) is 13.0 Å². The monoisotopic (exact) mass is 329 g/mol. The zero-order chi connectivity index (χ0) is 14.9. The Morgan fingerprint density at radius 2 is 2.33 bits per heavy atom. The number of hydrogen-bond donors (Lipinski definition) is 1. The van der Waals surface area contributed by atoms with Gasteiger partial charge in [0, 0.05) is 10.6 Å². The van der Waals surface area contributed by atoms with Gasteiger partial charge in [-0.1, -0.05) is 36.2 Å². The Bertz CT molecular complexity index is 555. The predicted octanol–water partition coefficient (Wildman–Crippen LogP) is 2.78. The number of nitrogens with zero attached hydrogens (tertiary/aromatic N) is 2. The minimum Gasteiger partial charge on any atom is -0.342 e. The molecule has 114 valence electrons. The predicted molar refractivity (Wildman–Crippen MR) is 82.5 cm³/mol. The van der Waals surface area contributed by atoms with Gasteiger partial charge in [0.2, 0.25) is 5.79 Å². The average Bonchev–Trinajstić information content (AvgIpc) is 3.09. The maximum Gasteiger partial charge on any atom is 0.216 e. The van der Waals surface area contributed by atoms with Crippen molar-refractivity contribution in [3.63, 3.8) is 0 Å². The second-order valence-electron chi connectivity index (χ2n) is 5.08. The maximum absolute atomic E-state index is 6.36. The summed E-state index contributed by atoms with van der Waals surface area (Å²) in [5.41, 5.74) is 3.91. The molecule has 0 amide bonds. The van der Waals surface area contributed by atoms with Crippen LogP contribution in [0.1, 0.15) is 18.9 Å². The highest BCUT2D eigenvalue weighted by Gasteiger charge is 2.45. The first kappa shape index (κ1) is 15.1. The highest BCUT2D eigenvalue weighted by atomic mass is 35.5. The highest BCUT2D eigenvalue weighted by Crippen LogP contribution is 2.40. The standard InChI is InChI=1S/C14H17Cl2N3O2/c1-2-11-6-20-14(21-11,7-19-9-17-8-18-19)12-4-3-10(15)5-13(12)16/h3-5,9,11,18H,2,6-8H2,1H3. The van der Waals surface area contributed by atoms with Gasteiger partial charge in [-0.25, -0.2) is 5.43 Å². The number of aliphatic imine (C=N–C) groups is 1. The van der Waals surface area contributed by atoms with Crippen LogP contribution in [0.25, 0.3) is 0 Å². The number of nitrogens with one attached hydrogen (secondary N) is 1. The first-order valence-electron chi connectivity index (χ1n) is 6.90. The number of hydrogen-bond acceptors (Lipinski definition) is 5. The maximum atomic E-state index is 6.36. The zero-order valence-corrected chi connectivity index (χ0v) is 13.2. The van der Waals surface area contributed by atoms with Crippen molar-refractivity contribution in [2.75, 3.05) is 19.8 Å². The van der Waals surface area contributed by atoms with Crippen molar-refractivity contribution in [3.05, 3.63) is 33.8 Å². The molecule has 0 spiro atoms. The van der Waals surface area contributed by atoms with E-state index < -0.39 is 5.79 Å². The molecule has 2 unspecified atom stereocenters. The summed E-state index contributed by atoms with van der Waals surface area (Å²) in [6, 6.07) is 5.36. The van der Waals surface area contributed by atoms with E-state index in [9.17, 15) is 0 Å². The van der Waals surface area contributed by atoms with E-state index in [1.165, 1.54) is 0 Å². The Morgan fingerprint density at radius 1 is 1.48 bits per heavy atom. The van der Waals surface area contributed by atoms with Crippen LogP contribution >= 0.6 is 23.2 Å². The van der Waals surface area contributed by atoms with Gasteiger partial charge in [-0.05, 0) is 18.6 Å². The molecule has 21 heavy (non-hydrogen) atoms. The second-order valence-corrected chi connectivity index (χ2v) is 5.92. The Kier molecular flexibility index (Phi) is 4.38. The molecule has 0 aromatic heterocycles. The number of benzene rings is 1. The minimum atomic E-state index is -0.911. The van der Waals surface area contributed by atoms with E-state index in [1.807, 2.05) is 11.1 Å². The molecule has 2 atom stereocenters. The van der Waals surface area contributed by atoms with Crippen molar-refractivity contribution >= 4 is 29.5 Å². The molecule has 0 aliphatic carbocycles. The topological polar surface area (TPSA) is 46.1 Å². The lowest BCUT2D eigenvalue weighted by atomic mass is 10.1. The summed E-state index contributed by atoms with van der Waals surface area (Å²) in [5, 5.41) is 2.98. The lowest BCUT2D eigenvalue weighted by Gasteiger charge is -2.32. The first-order valence-corrected chi connectivity index (χ1v) is 7.66. The van der Waals surface area contributed by atoms with Crippen LogP contribution in [-0.4, -0.2) is 37.3 Å². The number of hydrazine groups is 1. The molecule has 5 nitrogen and oxygen atoms in total. The van der Waals surface area contributed by atoms with Gasteiger partial charge in [0.15, 0.2) is 0 Å². The fourth-order valence-electron chi connectivity index (χ4n) is 2.51. The molecule has 1 saturated heterocycles. The van der Waals surface area contributed by atoms with Gasteiger partial charge in [-0.2, -0.15) is 0 Å². The van der Waals surface area contributed by atoms with Crippen LogP contribution in [0.2, 0.25) is 10.0 Å². The molecule has 2 aliphatic heterocycles. The molecule has 0 radical (unpaired) electrons. The van der Waals surface area contributed by atoms with Gasteiger partial charge in [-0.15, -0.1) is 0 Å². The van der Waals surface area contributed by atoms with E-state index in [4.69, 9.17) is 32.7 Å². The summed E-state index contributed by atoms with van der Waals surface area (Å²) in [4.78, 5) is 4.13. The SMILES string of the molecule is CCC1COC(CN2C=NCN2)(c2ccc(Cl)cc2Cl)O1. The fourth-order valence-corrected chi connectivity index (χ4v) is 3.06. The molecule has 1 aromatic rings. The summed E-state index contributed by atoms with van der Waals surface area (Å²) < 4.78 is 12.2. The fraction of sp³-hybridized carbons (Fsp3) is 0.500. The third-order valence-electron chi connectivity index (χ3n) is 3.62. The van der Waals surface area contributed by atoms with E-state index in [1.54, 1.807) is 18.5 Å². The molecule has 2 aliphatic rings. The van der Waals surface area contributed by atoms with Crippen LogP contribution in [-0.2, 0) is 15.3 Å². The zero-order valence-electron chi connectivity index (χ0n) is 11.7. The third kappa shape index (κ3) is 3.03. The summed E-state index contributed by atoms with van der Waals surface area (Å²) in [5.74, 6) is -0.911. The average molecular weight is 330 g/mol. The number of ether oxygens (including phenoxy) is 2. The summed E-state index contributed by atoms with van der Waals surface area (Å²) in [6.45, 7) is 3.64. The molecule has 2 heterocycles. The Labute approximate surface area is 133 Å². The van der Waals surface area contributed by atoms with Gasteiger partial charge in [-0.3, -0.25) is 10.0 Å². The van der Waals surface area contributed by atoms with Crippen LogP contribution in [0.5, 0.6) is 0 Å². The van der Waals surface area contributed by atoms with Crippen molar-refractivity contribution in [3.8, 4) is 0 Å². The van der Waals surface area contributed by atoms with E-state index in [0.29, 0.717) is 29.9 Å². The number of halogens is 2. The second kappa shape index (κ2) is 6.10. The largest absolute Gasteiger partial charge is 0.342 e. The van der Waals surface area contributed by atoms with Crippen LogP contribution in [0.4, 0.5) is 0 Å². The lowest BCUT2D eigenvalue weighted by Crippen LogP contribution is -2.45. The van der Waals surface area contributed by atoms with Gasteiger partial charge in [0.05, 0.1) is 24.3 Å². The van der Waals surface area contributed by atoms with E-state index in [-0.39, 0.29) is 6.10 Å². The molecule has 0 saturated carbocycles. The third-order valence-corrected chi connectivity index (χ3v) is 4.17. The molecule has 1 fully saturated rings. The summed E-state index contributed by atoms with van der Waals surface area (Å²) in [6.07, 6.45) is 2.67. The van der Waals surface area contributed by atoms with Crippen molar-refractivity contribution in [2.45, 2.75) is 25.2 Å². The number of rotatable bonds is 4. The van der Waals surface area contributed by atoms with E-state index in [0.717, 1.165) is 12.0 Å². The van der Waals surface area contributed by atoms with E-state index in [2.05, 4.69) is 17.3 Å². The molecular formula is C14H17Cl2N3O2. The van der Waals surface area contributed by atoms with Gasteiger partial charge >= 0.3 is 0 Å². The normalized spacial score (nSPS) is 28.5.